The van der Waals surface area contributed by atoms with Crippen molar-refractivity contribution in [3.63, 3.8) is 0 Å². The lowest BCUT2D eigenvalue weighted by Crippen LogP contribution is -2.29. The standard InChI is InChI=1S/C17H28ClNO/c1-5-6-7-10-17(2,3)13-19-12-14-11-15(18)8-9-16(14)20-4/h8-9,11,19H,5-7,10,12-13H2,1-4H3. The van der Waals surface area contributed by atoms with Crippen LogP contribution < -0.4 is 10.1 Å². The van der Waals surface area contributed by atoms with E-state index in [2.05, 4.69) is 26.1 Å². The van der Waals surface area contributed by atoms with Gasteiger partial charge in [-0.1, -0.05) is 51.6 Å². The van der Waals surface area contributed by atoms with Crippen LogP contribution in [0.1, 0.15) is 52.0 Å². The van der Waals surface area contributed by atoms with Crippen LogP contribution in [0.4, 0.5) is 0 Å². The maximum Gasteiger partial charge on any atom is 0.123 e. The van der Waals surface area contributed by atoms with E-state index < -0.39 is 0 Å². The molecule has 20 heavy (non-hydrogen) atoms. The number of hydrogen-bond donors (Lipinski definition) is 1. The lowest BCUT2D eigenvalue weighted by molar-refractivity contribution is 0.301. The Kier molecular flexibility index (Phi) is 7.39. The summed E-state index contributed by atoms with van der Waals surface area (Å²) in [6.07, 6.45) is 5.18. The molecule has 0 aliphatic carbocycles. The predicted molar refractivity (Wildman–Crippen MR) is 87.6 cm³/mol. The Hall–Kier alpha value is -0.730. The van der Waals surface area contributed by atoms with Gasteiger partial charge < -0.3 is 10.1 Å². The first kappa shape index (κ1) is 17.3. The zero-order chi connectivity index (χ0) is 15.0. The van der Waals surface area contributed by atoms with E-state index in [1.165, 1.54) is 25.7 Å². The van der Waals surface area contributed by atoms with E-state index in [0.717, 1.165) is 29.4 Å². The summed E-state index contributed by atoms with van der Waals surface area (Å²) < 4.78 is 5.36. The van der Waals surface area contributed by atoms with Crippen molar-refractivity contribution in [3.05, 3.63) is 28.8 Å². The molecule has 1 aromatic rings. The molecule has 0 atom stereocenters. The van der Waals surface area contributed by atoms with Crippen molar-refractivity contribution >= 4 is 11.6 Å². The molecule has 3 heteroatoms. The van der Waals surface area contributed by atoms with Gasteiger partial charge in [0.1, 0.15) is 5.75 Å². The molecular weight excluding hydrogens is 270 g/mol. The molecule has 0 spiro atoms. The van der Waals surface area contributed by atoms with Crippen LogP contribution in [0.3, 0.4) is 0 Å². The van der Waals surface area contributed by atoms with Gasteiger partial charge in [0.05, 0.1) is 7.11 Å². The summed E-state index contributed by atoms with van der Waals surface area (Å²) in [4.78, 5) is 0. The molecule has 0 amide bonds. The van der Waals surface area contributed by atoms with Crippen LogP contribution in [0.15, 0.2) is 18.2 Å². The maximum atomic E-state index is 6.04. The summed E-state index contributed by atoms with van der Waals surface area (Å²) in [5.74, 6) is 0.894. The second-order valence-electron chi connectivity index (χ2n) is 6.18. The first-order chi connectivity index (χ1) is 9.48. The normalized spacial score (nSPS) is 11.7. The summed E-state index contributed by atoms with van der Waals surface area (Å²) in [6.45, 7) is 8.69. The summed E-state index contributed by atoms with van der Waals surface area (Å²) >= 11 is 6.04. The van der Waals surface area contributed by atoms with Crippen molar-refractivity contribution < 1.29 is 4.74 Å². The molecule has 0 aliphatic rings. The van der Waals surface area contributed by atoms with Gasteiger partial charge in [-0.15, -0.1) is 0 Å². The van der Waals surface area contributed by atoms with Crippen LogP contribution in [0, 0.1) is 5.41 Å². The van der Waals surface area contributed by atoms with Gasteiger partial charge >= 0.3 is 0 Å². The summed E-state index contributed by atoms with van der Waals surface area (Å²) in [6, 6.07) is 5.75. The van der Waals surface area contributed by atoms with Crippen LogP contribution >= 0.6 is 11.6 Å². The van der Waals surface area contributed by atoms with Crippen molar-refractivity contribution in [1.29, 1.82) is 0 Å². The minimum Gasteiger partial charge on any atom is -0.496 e. The van der Waals surface area contributed by atoms with Crippen LogP contribution in [0.5, 0.6) is 5.75 Å². The second-order valence-corrected chi connectivity index (χ2v) is 6.62. The molecule has 1 N–H and O–H groups in total. The SMILES string of the molecule is CCCCCC(C)(C)CNCc1cc(Cl)ccc1OC. The highest BCUT2D eigenvalue weighted by atomic mass is 35.5. The van der Waals surface area contributed by atoms with Gasteiger partial charge in [-0.05, 0) is 30.0 Å². The van der Waals surface area contributed by atoms with E-state index in [9.17, 15) is 0 Å². The van der Waals surface area contributed by atoms with Crippen LogP contribution in [0.25, 0.3) is 0 Å². The van der Waals surface area contributed by atoms with Crippen molar-refractivity contribution in [1.82, 2.24) is 5.32 Å². The van der Waals surface area contributed by atoms with Crippen molar-refractivity contribution in [2.75, 3.05) is 13.7 Å². The van der Waals surface area contributed by atoms with E-state index in [1.54, 1.807) is 7.11 Å². The van der Waals surface area contributed by atoms with Gasteiger partial charge in [0, 0.05) is 23.7 Å². The summed E-state index contributed by atoms with van der Waals surface area (Å²) in [7, 11) is 1.70. The van der Waals surface area contributed by atoms with Gasteiger partial charge in [-0.25, -0.2) is 0 Å². The molecule has 0 saturated carbocycles. The van der Waals surface area contributed by atoms with E-state index in [1.807, 2.05) is 18.2 Å². The van der Waals surface area contributed by atoms with Crippen LogP contribution in [-0.4, -0.2) is 13.7 Å². The molecule has 0 radical (unpaired) electrons. The van der Waals surface area contributed by atoms with Gasteiger partial charge in [0.2, 0.25) is 0 Å². The topological polar surface area (TPSA) is 21.3 Å². The molecule has 0 heterocycles. The molecule has 1 rings (SSSR count). The molecule has 0 saturated heterocycles. The molecule has 0 unspecified atom stereocenters. The monoisotopic (exact) mass is 297 g/mol. The van der Waals surface area contributed by atoms with E-state index >= 15 is 0 Å². The number of benzene rings is 1. The quantitative estimate of drug-likeness (QED) is 0.644. The molecular formula is C17H28ClNO. The zero-order valence-electron chi connectivity index (χ0n) is 13.3. The van der Waals surface area contributed by atoms with E-state index in [0.29, 0.717) is 5.41 Å². The van der Waals surface area contributed by atoms with Gasteiger partial charge in [0.15, 0.2) is 0 Å². The Morgan fingerprint density at radius 3 is 2.65 bits per heavy atom. The highest BCUT2D eigenvalue weighted by molar-refractivity contribution is 6.30. The summed E-state index contributed by atoms with van der Waals surface area (Å²) in [5.41, 5.74) is 1.45. The average Bonchev–Trinajstić information content (AvgIpc) is 2.39. The largest absolute Gasteiger partial charge is 0.496 e. The minimum absolute atomic E-state index is 0.334. The smallest absolute Gasteiger partial charge is 0.123 e. The fourth-order valence-electron chi connectivity index (χ4n) is 2.36. The van der Waals surface area contributed by atoms with Crippen molar-refractivity contribution in [3.8, 4) is 5.75 Å². The molecule has 2 nitrogen and oxygen atoms in total. The molecule has 0 aliphatic heterocycles. The second kappa shape index (κ2) is 8.53. The Labute approximate surface area is 128 Å². The van der Waals surface area contributed by atoms with Gasteiger partial charge in [-0.2, -0.15) is 0 Å². The third-order valence-electron chi connectivity index (χ3n) is 3.62. The molecule has 0 bridgehead atoms. The van der Waals surface area contributed by atoms with Crippen molar-refractivity contribution in [2.45, 2.75) is 53.0 Å². The summed E-state index contributed by atoms with van der Waals surface area (Å²) in [5, 5.41) is 4.29. The lowest BCUT2D eigenvalue weighted by Gasteiger charge is -2.25. The van der Waals surface area contributed by atoms with Gasteiger partial charge in [-0.3, -0.25) is 0 Å². The number of halogens is 1. The Morgan fingerprint density at radius 1 is 1.25 bits per heavy atom. The fourth-order valence-corrected chi connectivity index (χ4v) is 2.56. The average molecular weight is 298 g/mol. The molecule has 114 valence electrons. The molecule has 0 fully saturated rings. The number of nitrogens with one attached hydrogen (secondary N) is 1. The van der Waals surface area contributed by atoms with Crippen LogP contribution in [-0.2, 0) is 6.54 Å². The van der Waals surface area contributed by atoms with Gasteiger partial charge in [0.25, 0.3) is 0 Å². The number of unbranched alkanes of at least 4 members (excludes halogenated alkanes) is 2. The third-order valence-corrected chi connectivity index (χ3v) is 3.85. The lowest BCUT2D eigenvalue weighted by atomic mass is 9.87. The number of ether oxygens (including phenoxy) is 1. The molecule has 1 aromatic carbocycles. The predicted octanol–water partition coefficient (Wildman–Crippen LogP) is 5.04. The number of rotatable bonds is 9. The Balaban J connectivity index is 2.45. The minimum atomic E-state index is 0.334. The zero-order valence-corrected chi connectivity index (χ0v) is 14.0. The fraction of sp³-hybridized carbons (Fsp3) is 0.647. The molecule has 0 aromatic heterocycles. The highest BCUT2D eigenvalue weighted by Gasteiger charge is 2.16. The van der Waals surface area contributed by atoms with E-state index in [4.69, 9.17) is 16.3 Å². The third kappa shape index (κ3) is 6.15. The van der Waals surface area contributed by atoms with Crippen LogP contribution in [0.2, 0.25) is 5.02 Å². The van der Waals surface area contributed by atoms with E-state index in [-0.39, 0.29) is 0 Å². The Morgan fingerprint density at radius 2 is 2.00 bits per heavy atom. The highest BCUT2D eigenvalue weighted by Crippen LogP contribution is 2.25. The first-order valence-electron chi connectivity index (χ1n) is 7.51. The number of hydrogen-bond acceptors (Lipinski definition) is 2. The maximum absolute atomic E-state index is 6.04. The Bertz CT molecular complexity index is 404. The van der Waals surface area contributed by atoms with Crippen molar-refractivity contribution in [2.24, 2.45) is 5.41 Å². The first-order valence-corrected chi connectivity index (χ1v) is 7.89. The number of methoxy groups -OCH3 is 1.